The molecule has 0 radical (unpaired) electrons. The molecule has 0 fully saturated rings. The first kappa shape index (κ1) is 21.3. The third-order valence-corrected chi connectivity index (χ3v) is 5.14. The van der Waals surface area contributed by atoms with E-state index in [9.17, 15) is 4.79 Å². The van der Waals surface area contributed by atoms with Crippen molar-refractivity contribution in [3.63, 3.8) is 0 Å². The van der Waals surface area contributed by atoms with Gasteiger partial charge in [-0.1, -0.05) is 87.6 Å². The summed E-state index contributed by atoms with van der Waals surface area (Å²) in [5.41, 5.74) is 1.59. The average molecular weight is 370 g/mol. The number of carbonyl (C=O) groups is 1. The number of unbranched alkanes of at least 4 members (excludes halogenated alkanes) is 12. The Morgan fingerprint density at radius 3 is 2.04 bits per heavy atom. The van der Waals surface area contributed by atoms with E-state index in [0.717, 1.165) is 23.9 Å². The molecule has 148 valence electrons. The maximum atomic E-state index is 12.3. The monoisotopic (exact) mass is 369 g/mol. The minimum absolute atomic E-state index is 0.0526. The normalized spacial score (nSPS) is 11.1. The number of carbonyl (C=O) groups excluding carboxylic acids is 1. The fourth-order valence-electron chi connectivity index (χ4n) is 3.49. The zero-order valence-corrected chi connectivity index (χ0v) is 16.7. The lowest BCUT2D eigenvalue weighted by Crippen LogP contribution is -2.12. The van der Waals surface area contributed by atoms with E-state index in [1.165, 1.54) is 75.3 Å². The number of fused-ring (bicyclic) bond motifs is 1. The summed E-state index contributed by atoms with van der Waals surface area (Å²) in [6.45, 7) is 3.76. The largest absolute Gasteiger partial charge is 0.273 e. The molecule has 0 spiro atoms. The SMILES string of the molecule is C=CCCCCCCCCCCCCCCC(=O)n1nnc2ccccc21. The Labute approximate surface area is 164 Å². The van der Waals surface area contributed by atoms with Crippen molar-refractivity contribution < 1.29 is 4.79 Å². The van der Waals surface area contributed by atoms with Crippen molar-refractivity contribution in [1.82, 2.24) is 15.0 Å². The molecule has 2 aromatic rings. The van der Waals surface area contributed by atoms with Gasteiger partial charge in [0.2, 0.25) is 5.91 Å². The quantitative estimate of drug-likeness (QED) is 0.259. The number of para-hydroxylation sites is 1. The van der Waals surface area contributed by atoms with Gasteiger partial charge >= 0.3 is 0 Å². The van der Waals surface area contributed by atoms with Gasteiger partial charge in [-0.3, -0.25) is 4.79 Å². The van der Waals surface area contributed by atoms with Crippen LogP contribution in [0.4, 0.5) is 0 Å². The summed E-state index contributed by atoms with van der Waals surface area (Å²) in [6, 6.07) is 7.61. The van der Waals surface area contributed by atoms with Crippen LogP contribution in [-0.4, -0.2) is 20.9 Å². The molecule has 0 amide bonds. The second-order valence-electron chi connectivity index (χ2n) is 7.45. The van der Waals surface area contributed by atoms with Gasteiger partial charge in [-0.2, -0.15) is 4.68 Å². The molecule has 0 saturated heterocycles. The van der Waals surface area contributed by atoms with Crippen LogP contribution in [0.15, 0.2) is 36.9 Å². The molecule has 4 nitrogen and oxygen atoms in total. The zero-order chi connectivity index (χ0) is 19.2. The van der Waals surface area contributed by atoms with E-state index in [-0.39, 0.29) is 5.91 Å². The van der Waals surface area contributed by atoms with E-state index in [1.807, 2.05) is 30.3 Å². The molecular formula is C23H35N3O. The molecule has 0 unspecified atom stereocenters. The number of hydrogen-bond acceptors (Lipinski definition) is 3. The summed E-state index contributed by atoms with van der Waals surface area (Å²) in [5, 5.41) is 8.04. The Balaban J connectivity index is 1.43. The molecule has 0 N–H and O–H groups in total. The molecule has 1 heterocycles. The van der Waals surface area contributed by atoms with E-state index >= 15 is 0 Å². The number of rotatable bonds is 15. The second kappa shape index (κ2) is 13.2. The highest BCUT2D eigenvalue weighted by Crippen LogP contribution is 2.14. The molecule has 0 saturated carbocycles. The topological polar surface area (TPSA) is 47.8 Å². The number of nitrogens with zero attached hydrogens (tertiary/aromatic N) is 3. The Bertz CT molecular complexity index is 677. The molecule has 2 rings (SSSR count). The Morgan fingerprint density at radius 2 is 1.41 bits per heavy atom. The maximum absolute atomic E-state index is 12.3. The molecule has 0 aliphatic carbocycles. The lowest BCUT2D eigenvalue weighted by Gasteiger charge is -2.03. The van der Waals surface area contributed by atoms with Gasteiger partial charge in [-0.25, -0.2) is 0 Å². The van der Waals surface area contributed by atoms with Crippen LogP contribution < -0.4 is 0 Å². The average Bonchev–Trinajstić information content (AvgIpc) is 3.12. The molecule has 4 heteroatoms. The predicted octanol–water partition coefficient (Wildman–Crippen LogP) is 6.72. The minimum Gasteiger partial charge on any atom is -0.273 e. The Hall–Kier alpha value is -1.97. The van der Waals surface area contributed by atoms with Crippen LogP contribution in [0.3, 0.4) is 0 Å². The van der Waals surface area contributed by atoms with Crippen molar-refractivity contribution in [1.29, 1.82) is 0 Å². The van der Waals surface area contributed by atoms with Gasteiger partial charge in [-0.05, 0) is 31.4 Å². The van der Waals surface area contributed by atoms with Crippen molar-refractivity contribution in [3.05, 3.63) is 36.9 Å². The maximum Gasteiger partial charge on any atom is 0.248 e. The summed E-state index contributed by atoms with van der Waals surface area (Å²) in [4.78, 5) is 12.3. The number of hydrogen-bond donors (Lipinski definition) is 0. The van der Waals surface area contributed by atoms with Crippen LogP contribution in [0.5, 0.6) is 0 Å². The molecule has 0 atom stereocenters. The Kier molecular flexibility index (Phi) is 10.5. The molecule has 1 aromatic carbocycles. The number of benzene rings is 1. The van der Waals surface area contributed by atoms with Gasteiger partial charge in [0.1, 0.15) is 5.52 Å². The van der Waals surface area contributed by atoms with Gasteiger partial charge in [-0.15, -0.1) is 11.7 Å². The van der Waals surface area contributed by atoms with Gasteiger partial charge < -0.3 is 0 Å². The third-order valence-electron chi connectivity index (χ3n) is 5.14. The van der Waals surface area contributed by atoms with Crippen LogP contribution in [0, 0.1) is 0 Å². The van der Waals surface area contributed by atoms with E-state index in [0.29, 0.717) is 6.42 Å². The van der Waals surface area contributed by atoms with Crippen LogP contribution in [-0.2, 0) is 0 Å². The first-order chi connectivity index (χ1) is 13.3. The van der Waals surface area contributed by atoms with Crippen molar-refractivity contribution >= 4 is 16.9 Å². The fourth-order valence-corrected chi connectivity index (χ4v) is 3.49. The van der Waals surface area contributed by atoms with Gasteiger partial charge in [0.15, 0.2) is 0 Å². The van der Waals surface area contributed by atoms with Gasteiger partial charge in [0.25, 0.3) is 0 Å². The van der Waals surface area contributed by atoms with Crippen molar-refractivity contribution in [2.75, 3.05) is 0 Å². The minimum atomic E-state index is 0.0526. The molecule has 27 heavy (non-hydrogen) atoms. The van der Waals surface area contributed by atoms with Crippen molar-refractivity contribution in [3.8, 4) is 0 Å². The molecule has 1 aromatic heterocycles. The predicted molar refractivity (Wildman–Crippen MR) is 113 cm³/mol. The van der Waals surface area contributed by atoms with Crippen molar-refractivity contribution in [2.24, 2.45) is 0 Å². The lowest BCUT2D eigenvalue weighted by molar-refractivity contribution is 0.0886. The summed E-state index contributed by atoms with van der Waals surface area (Å²) in [7, 11) is 0. The first-order valence-corrected chi connectivity index (χ1v) is 10.8. The molecule has 0 bridgehead atoms. The summed E-state index contributed by atoms with van der Waals surface area (Å²) in [5.74, 6) is 0.0526. The summed E-state index contributed by atoms with van der Waals surface area (Å²) in [6.07, 6.45) is 19.2. The third kappa shape index (κ3) is 8.06. The molecular weight excluding hydrogens is 334 g/mol. The van der Waals surface area contributed by atoms with Crippen LogP contribution in [0.2, 0.25) is 0 Å². The number of aromatic nitrogens is 3. The van der Waals surface area contributed by atoms with Crippen molar-refractivity contribution in [2.45, 2.75) is 89.9 Å². The molecule has 0 aliphatic heterocycles. The highest BCUT2D eigenvalue weighted by Gasteiger charge is 2.10. The highest BCUT2D eigenvalue weighted by atomic mass is 16.2. The molecule has 0 aliphatic rings. The van der Waals surface area contributed by atoms with Gasteiger partial charge in [0, 0.05) is 6.42 Å². The summed E-state index contributed by atoms with van der Waals surface area (Å²) < 4.78 is 1.45. The van der Waals surface area contributed by atoms with E-state index < -0.39 is 0 Å². The van der Waals surface area contributed by atoms with Crippen LogP contribution in [0.25, 0.3) is 11.0 Å². The Morgan fingerprint density at radius 1 is 0.852 bits per heavy atom. The number of allylic oxidation sites excluding steroid dienone is 1. The van der Waals surface area contributed by atoms with E-state index in [4.69, 9.17) is 0 Å². The van der Waals surface area contributed by atoms with Crippen LogP contribution >= 0.6 is 0 Å². The van der Waals surface area contributed by atoms with E-state index in [1.54, 1.807) is 0 Å². The highest BCUT2D eigenvalue weighted by molar-refractivity contribution is 5.88. The lowest BCUT2D eigenvalue weighted by atomic mass is 10.0. The van der Waals surface area contributed by atoms with E-state index in [2.05, 4.69) is 16.9 Å². The first-order valence-electron chi connectivity index (χ1n) is 10.8. The smallest absolute Gasteiger partial charge is 0.248 e. The fraction of sp³-hybridized carbons (Fsp3) is 0.609. The summed E-state index contributed by atoms with van der Waals surface area (Å²) >= 11 is 0. The standard InChI is InChI=1S/C23H35N3O/c1-2-3-4-5-6-7-8-9-10-11-12-13-14-15-20-23(27)26-22-19-17-16-18-21(22)24-25-26/h2,16-19H,1,3-15,20H2. The zero-order valence-electron chi connectivity index (χ0n) is 16.7. The van der Waals surface area contributed by atoms with Gasteiger partial charge in [0.05, 0.1) is 5.52 Å². The second-order valence-corrected chi connectivity index (χ2v) is 7.45. The van der Waals surface area contributed by atoms with Crippen LogP contribution in [0.1, 0.15) is 94.7 Å².